The van der Waals surface area contributed by atoms with Crippen molar-refractivity contribution >= 4 is 5.69 Å². The molecule has 0 aliphatic rings. The molecule has 0 spiro atoms. The summed E-state index contributed by atoms with van der Waals surface area (Å²) < 4.78 is 5.41. The van der Waals surface area contributed by atoms with Gasteiger partial charge in [-0.2, -0.15) is 0 Å². The van der Waals surface area contributed by atoms with Crippen LogP contribution in [0.2, 0.25) is 0 Å². The van der Waals surface area contributed by atoms with Gasteiger partial charge in [0.25, 0.3) is 0 Å². The van der Waals surface area contributed by atoms with Gasteiger partial charge in [0, 0.05) is 20.1 Å². The second kappa shape index (κ2) is 5.89. The highest BCUT2D eigenvalue weighted by Crippen LogP contribution is 2.32. The maximum Gasteiger partial charge on any atom is 0.145 e. The summed E-state index contributed by atoms with van der Waals surface area (Å²) in [6.45, 7) is 4.82. The molecule has 0 saturated carbocycles. The Kier molecular flexibility index (Phi) is 4.78. The first-order valence-corrected chi connectivity index (χ1v) is 5.74. The first-order chi connectivity index (χ1) is 7.99. The van der Waals surface area contributed by atoms with E-state index in [1.54, 1.807) is 7.11 Å². The van der Waals surface area contributed by atoms with Gasteiger partial charge >= 0.3 is 0 Å². The number of likely N-dealkylation sites (N-methyl/N-ethyl adjacent to an activating group) is 1. The molecule has 1 rings (SSSR count). The van der Waals surface area contributed by atoms with E-state index in [1.165, 1.54) is 5.56 Å². The molecule has 3 N–H and O–H groups in total. The number of ether oxygens (including phenoxy) is 1. The van der Waals surface area contributed by atoms with Crippen molar-refractivity contribution in [3.05, 3.63) is 23.3 Å². The first kappa shape index (κ1) is 13.8. The normalized spacial score (nSPS) is 12.4. The van der Waals surface area contributed by atoms with Gasteiger partial charge in [0.15, 0.2) is 0 Å². The summed E-state index contributed by atoms with van der Waals surface area (Å²) in [4.78, 5) is 1.97. The van der Waals surface area contributed by atoms with E-state index in [4.69, 9.17) is 10.5 Å². The molecule has 1 aromatic rings. The molecule has 4 heteroatoms. The molecular formula is C13H22N2O2. The van der Waals surface area contributed by atoms with E-state index in [-0.39, 0.29) is 6.54 Å². The molecule has 0 aromatic heterocycles. The van der Waals surface area contributed by atoms with Crippen molar-refractivity contribution in [1.82, 2.24) is 0 Å². The van der Waals surface area contributed by atoms with Crippen molar-refractivity contribution in [2.45, 2.75) is 20.0 Å². The number of hydrogen-bond acceptors (Lipinski definition) is 4. The lowest BCUT2D eigenvalue weighted by Gasteiger charge is -2.25. The summed E-state index contributed by atoms with van der Waals surface area (Å²) in [7, 11) is 3.59. The number of benzene rings is 1. The van der Waals surface area contributed by atoms with Crippen LogP contribution in [0.5, 0.6) is 5.75 Å². The van der Waals surface area contributed by atoms with E-state index in [0.29, 0.717) is 6.54 Å². The van der Waals surface area contributed by atoms with E-state index in [0.717, 1.165) is 17.0 Å². The molecule has 0 amide bonds. The lowest BCUT2D eigenvalue weighted by molar-refractivity contribution is 0.189. The largest absolute Gasteiger partial charge is 0.494 e. The first-order valence-electron chi connectivity index (χ1n) is 5.74. The van der Waals surface area contributed by atoms with Crippen molar-refractivity contribution < 1.29 is 9.84 Å². The number of nitrogens with zero attached hydrogens (tertiary/aromatic N) is 1. The summed E-state index contributed by atoms with van der Waals surface area (Å²) in [5.41, 5.74) is 8.67. The summed E-state index contributed by atoms with van der Waals surface area (Å²) >= 11 is 0. The Hall–Kier alpha value is -1.26. The van der Waals surface area contributed by atoms with Gasteiger partial charge in [-0.05, 0) is 31.0 Å². The monoisotopic (exact) mass is 238 g/mol. The molecule has 0 aliphatic carbocycles. The number of aryl methyl sites for hydroxylation is 2. The highest BCUT2D eigenvalue weighted by atomic mass is 16.5. The lowest BCUT2D eigenvalue weighted by atomic mass is 10.1. The van der Waals surface area contributed by atoms with E-state index < -0.39 is 6.10 Å². The standard InChI is InChI=1S/C13H22N2O2/c1-9-5-10(2)13(17-4)12(6-9)15(3)8-11(16)7-14/h5-6,11,16H,7-8,14H2,1-4H3. The highest BCUT2D eigenvalue weighted by molar-refractivity contribution is 5.63. The molecule has 1 unspecified atom stereocenters. The minimum Gasteiger partial charge on any atom is -0.494 e. The Morgan fingerprint density at radius 1 is 1.41 bits per heavy atom. The summed E-state index contributed by atoms with van der Waals surface area (Å²) in [6, 6.07) is 4.13. The molecule has 0 fully saturated rings. The van der Waals surface area contributed by atoms with E-state index in [9.17, 15) is 5.11 Å². The number of anilines is 1. The topological polar surface area (TPSA) is 58.7 Å². The van der Waals surface area contributed by atoms with Crippen LogP contribution in [0, 0.1) is 13.8 Å². The van der Waals surface area contributed by atoms with Crippen molar-refractivity contribution in [2.75, 3.05) is 32.1 Å². The molecule has 0 heterocycles. The van der Waals surface area contributed by atoms with Gasteiger partial charge in [0.2, 0.25) is 0 Å². The fourth-order valence-corrected chi connectivity index (χ4v) is 1.97. The van der Waals surface area contributed by atoms with Crippen LogP contribution >= 0.6 is 0 Å². The van der Waals surface area contributed by atoms with Gasteiger partial charge in [-0.1, -0.05) is 6.07 Å². The Labute approximate surface area is 103 Å². The number of aliphatic hydroxyl groups is 1. The Balaban J connectivity index is 3.02. The predicted molar refractivity (Wildman–Crippen MR) is 70.8 cm³/mol. The second-order valence-electron chi connectivity index (χ2n) is 4.40. The zero-order valence-corrected chi connectivity index (χ0v) is 11.0. The van der Waals surface area contributed by atoms with Gasteiger partial charge < -0.3 is 20.5 Å². The third-order valence-corrected chi connectivity index (χ3v) is 2.77. The number of hydrogen-bond donors (Lipinski definition) is 2. The number of rotatable bonds is 5. The fourth-order valence-electron chi connectivity index (χ4n) is 1.97. The quantitative estimate of drug-likeness (QED) is 0.805. The molecule has 4 nitrogen and oxygen atoms in total. The van der Waals surface area contributed by atoms with Gasteiger partial charge in [-0.15, -0.1) is 0 Å². The van der Waals surface area contributed by atoms with Gasteiger partial charge in [0.05, 0.1) is 18.9 Å². The maximum absolute atomic E-state index is 9.58. The molecule has 1 atom stereocenters. The van der Waals surface area contributed by atoms with E-state index >= 15 is 0 Å². The van der Waals surface area contributed by atoms with Crippen molar-refractivity contribution in [2.24, 2.45) is 5.73 Å². The Morgan fingerprint density at radius 2 is 2.06 bits per heavy atom. The van der Waals surface area contributed by atoms with Crippen molar-refractivity contribution in [1.29, 1.82) is 0 Å². The zero-order chi connectivity index (χ0) is 13.0. The van der Waals surface area contributed by atoms with Crippen LogP contribution in [-0.2, 0) is 0 Å². The van der Waals surface area contributed by atoms with Crippen LogP contribution in [0.4, 0.5) is 5.69 Å². The maximum atomic E-state index is 9.58. The number of methoxy groups -OCH3 is 1. The summed E-state index contributed by atoms with van der Waals surface area (Å²) in [5.74, 6) is 0.849. The van der Waals surface area contributed by atoms with Crippen LogP contribution in [0.25, 0.3) is 0 Å². The summed E-state index contributed by atoms with van der Waals surface area (Å²) in [6.07, 6.45) is -0.523. The fraction of sp³-hybridized carbons (Fsp3) is 0.538. The number of aliphatic hydroxyl groups excluding tert-OH is 1. The number of nitrogens with two attached hydrogens (primary N) is 1. The smallest absolute Gasteiger partial charge is 0.145 e. The average molecular weight is 238 g/mol. The molecule has 0 bridgehead atoms. The van der Waals surface area contributed by atoms with Crippen LogP contribution < -0.4 is 15.4 Å². The predicted octanol–water partition coefficient (Wildman–Crippen LogP) is 1.07. The van der Waals surface area contributed by atoms with Crippen LogP contribution in [0.15, 0.2) is 12.1 Å². The molecular weight excluding hydrogens is 216 g/mol. The highest BCUT2D eigenvalue weighted by Gasteiger charge is 2.14. The van der Waals surface area contributed by atoms with Crippen LogP contribution in [-0.4, -0.2) is 38.5 Å². The lowest BCUT2D eigenvalue weighted by Crippen LogP contribution is -2.34. The van der Waals surface area contributed by atoms with Gasteiger partial charge in [0.1, 0.15) is 5.75 Å². The minimum absolute atomic E-state index is 0.261. The molecule has 0 radical (unpaired) electrons. The molecule has 96 valence electrons. The van der Waals surface area contributed by atoms with Gasteiger partial charge in [-0.25, -0.2) is 0 Å². The SMILES string of the molecule is COc1c(C)cc(C)cc1N(C)CC(O)CN. The van der Waals surface area contributed by atoms with Crippen LogP contribution in [0.3, 0.4) is 0 Å². The third kappa shape index (κ3) is 3.35. The minimum atomic E-state index is -0.523. The Morgan fingerprint density at radius 3 is 2.59 bits per heavy atom. The average Bonchev–Trinajstić information content (AvgIpc) is 2.27. The Bertz CT molecular complexity index is 380. The molecule has 17 heavy (non-hydrogen) atoms. The van der Waals surface area contributed by atoms with E-state index in [2.05, 4.69) is 12.1 Å². The zero-order valence-electron chi connectivity index (χ0n) is 11.0. The molecule has 1 aromatic carbocycles. The molecule has 0 saturated heterocycles. The van der Waals surface area contributed by atoms with E-state index in [1.807, 2.05) is 25.8 Å². The van der Waals surface area contributed by atoms with Crippen LogP contribution in [0.1, 0.15) is 11.1 Å². The van der Waals surface area contributed by atoms with Crippen molar-refractivity contribution in [3.63, 3.8) is 0 Å². The van der Waals surface area contributed by atoms with Crippen molar-refractivity contribution in [3.8, 4) is 5.75 Å². The second-order valence-corrected chi connectivity index (χ2v) is 4.40. The third-order valence-electron chi connectivity index (χ3n) is 2.77. The van der Waals surface area contributed by atoms with Gasteiger partial charge in [-0.3, -0.25) is 0 Å². The summed E-state index contributed by atoms with van der Waals surface area (Å²) in [5, 5.41) is 9.58. The molecule has 0 aliphatic heterocycles.